The summed E-state index contributed by atoms with van der Waals surface area (Å²) >= 11 is 1.56. The van der Waals surface area contributed by atoms with Gasteiger partial charge >= 0.3 is 0 Å². The average Bonchev–Trinajstić information content (AvgIpc) is 3.16. The third-order valence-electron chi connectivity index (χ3n) is 4.03. The number of aryl methyl sites for hydroxylation is 2. The van der Waals surface area contributed by atoms with Crippen LogP contribution in [0.1, 0.15) is 43.5 Å². The Labute approximate surface area is 132 Å². The molecule has 0 unspecified atom stereocenters. The Kier molecular flexibility index (Phi) is 3.82. The summed E-state index contributed by atoms with van der Waals surface area (Å²) in [5.41, 5.74) is 6.19. The van der Waals surface area contributed by atoms with E-state index in [1.807, 2.05) is 20.0 Å². The number of hydrogen-bond donors (Lipinski definition) is 1. The van der Waals surface area contributed by atoms with Gasteiger partial charge in [0.2, 0.25) is 0 Å². The molecule has 2 aromatic heterocycles. The maximum Gasteiger partial charge on any atom is 0.281 e. The third-order valence-corrected chi connectivity index (χ3v) is 5.26. The van der Waals surface area contributed by atoms with Crippen LogP contribution in [0.4, 0.5) is 0 Å². The van der Waals surface area contributed by atoms with Gasteiger partial charge in [-0.15, -0.1) is 11.3 Å². The van der Waals surface area contributed by atoms with Crippen molar-refractivity contribution < 1.29 is 4.79 Å². The van der Waals surface area contributed by atoms with Crippen LogP contribution < -0.4 is 5.43 Å². The molecule has 2 heterocycles. The van der Waals surface area contributed by atoms with E-state index in [0.717, 1.165) is 24.1 Å². The third kappa shape index (κ3) is 2.55. The number of rotatable bonds is 3. The highest BCUT2D eigenvalue weighted by atomic mass is 32.1. The molecule has 0 radical (unpaired) electrons. The first-order valence-electron chi connectivity index (χ1n) is 7.11. The molecule has 0 bridgehead atoms. The molecule has 1 aliphatic carbocycles. The van der Waals surface area contributed by atoms with Crippen molar-refractivity contribution in [3.8, 4) is 6.07 Å². The summed E-state index contributed by atoms with van der Waals surface area (Å²) in [6.45, 7) is 1.91. The fourth-order valence-electron chi connectivity index (χ4n) is 2.62. The number of aromatic nitrogens is 1. The minimum atomic E-state index is -0.176. The van der Waals surface area contributed by atoms with Gasteiger partial charge in [0, 0.05) is 23.2 Å². The molecule has 5 nitrogen and oxygen atoms in total. The highest BCUT2D eigenvalue weighted by Crippen LogP contribution is 2.30. The summed E-state index contributed by atoms with van der Waals surface area (Å²) < 4.78 is 1.80. The molecular weight excluding hydrogens is 296 g/mol. The Morgan fingerprint density at radius 3 is 3.00 bits per heavy atom. The number of hydrazone groups is 1. The molecule has 0 spiro atoms. The van der Waals surface area contributed by atoms with Crippen LogP contribution >= 0.6 is 11.3 Å². The number of amides is 1. The summed E-state index contributed by atoms with van der Waals surface area (Å²) in [7, 11) is 1.83. The molecular formula is C16H16N4OS. The first kappa shape index (κ1) is 14.5. The van der Waals surface area contributed by atoms with Crippen LogP contribution in [0.3, 0.4) is 0 Å². The molecule has 1 N–H and O–H groups in total. The molecule has 0 fully saturated rings. The van der Waals surface area contributed by atoms with Gasteiger partial charge in [-0.05, 0) is 43.9 Å². The first-order valence-corrected chi connectivity index (χ1v) is 7.93. The Hall–Kier alpha value is -2.39. The molecule has 1 aliphatic rings. The Morgan fingerprint density at radius 2 is 2.32 bits per heavy atom. The van der Waals surface area contributed by atoms with E-state index in [1.54, 1.807) is 28.2 Å². The predicted molar refractivity (Wildman–Crippen MR) is 86.3 cm³/mol. The van der Waals surface area contributed by atoms with Gasteiger partial charge in [-0.2, -0.15) is 10.4 Å². The maximum absolute atomic E-state index is 12.1. The van der Waals surface area contributed by atoms with E-state index in [4.69, 9.17) is 5.26 Å². The van der Waals surface area contributed by atoms with Crippen LogP contribution in [-0.4, -0.2) is 16.7 Å². The van der Waals surface area contributed by atoms with Crippen LogP contribution in [-0.2, 0) is 19.9 Å². The summed E-state index contributed by atoms with van der Waals surface area (Å²) in [4.78, 5) is 14.1. The average molecular weight is 312 g/mol. The lowest BCUT2D eigenvalue weighted by atomic mass is 10.2. The fraction of sp³-hybridized carbons (Fsp3) is 0.312. The van der Waals surface area contributed by atoms with E-state index in [9.17, 15) is 4.79 Å². The van der Waals surface area contributed by atoms with Gasteiger partial charge in [0.05, 0.1) is 11.1 Å². The van der Waals surface area contributed by atoms with Gasteiger partial charge in [0.15, 0.2) is 0 Å². The largest absolute Gasteiger partial charge is 0.339 e. The molecule has 0 aromatic carbocycles. The first-order chi connectivity index (χ1) is 10.6. The van der Waals surface area contributed by atoms with Gasteiger partial charge in [-0.3, -0.25) is 4.79 Å². The van der Waals surface area contributed by atoms with Crippen molar-refractivity contribution in [3.63, 3.8) is 0 Å². The minimum absolute atomic E-state index is 0.176. The van der Waals surface area contributed by atoms with Crippen LogP contribution in [0, 0.1) is 18.3 Å². The molecule has 112 valence electrons. The molecule has 6 heteroatoms. The van der Waals surface area contributed by atoms with Crippen molar-refractivity contribution in [2.75, 3.05) is 0 Å². The van der Waals surface area contributed by atoms with Crippen molar-refractivity contribution in [3.05, 3.63) is 44.4 Å². The molecule has 0 saturated heterocycles. The van der Waals surface area contributed by atoms with Crippen molar-refractivity contribution in [2.24, 2.45) is 12.1 Å². The molecule has 2 aromatic rings. The fourth-order valence-corrected chi connectivity index (χ4v) is 3.76. The SMILES string of the molecule is Cc1c(/C=N\NC(=O)c2cc3c(s2)CCC3)cc(C#N)n1C. The second-order valence-electron chi connectivity index (χ2n) is 5.35. The summed E-state index contributed by atoms with van der Waals surface area (Å²) in [5.74, 6) is -0.176. The number of nitriles is 1. The summed E-state index contributed by atoms with van der Waals surface area (Å²) in [6, 6.07) is 5.85. The quantitative estimate of drug-likeness (QED) is 0.699. The summed E-state index contributed by atoms with van der Waals surface area (Å²) in [6.07, 6.45) is 4.92. The zero-order valence-electron chi connectivity index (χ0n) is 12.5. The molecule has 0 aliphatic heterocycles. The normalized spacial score (nSPS) is 13.3. The number of carbonyl (C=O) groups is 1. The van der Waals surface area contributed by atoms with E-state index >= 15 is 0 Å². The van der Waals surface area contributed by atoms with Crippen LogP contribution in [0.5, 0.6) is 0 Å². The lowest BCUT2D eigenvalue weighted by Gasteiger charge is -1.98. The standard InChI is InChI=1S/C16H16N4OS/c1-10-12(6-13(8-17)20(10)2)9-18-19-16(21)15-7-11-4-3-5-14(11)22-15/h6-7,9H,3-5H2,1-2H3,(H,19,21)/b18-9-. The van der Waals surface area contributed by atoms with Crippen LogP contribution in [0.25, 0.3) is 0 Å². The number of fused-ring (bicyclic) bond motifs is 1. The van der Waals surface area contributed by atoms with Gasteiger partial charge in [-0.1, -0.05) is 0 Å². The van der Waals surface area contributed by atoms with Crippen LogP contribution in [0.15, 0.2) is 17.2 Å². The van der Waals surface area contributed by atoms with Gasteiger partial charge in [-0.25, -0.2) is 5.43 Å². The van der Waals surface area contributed by atoms with E-state index in [0.29, 0.717) is 10.6 Å². The molecule has 3 rings (SSSR count). The minimum Gasteiger partial charge on any atom is -0.339 e. The second kappa shape index (κ2) is 5.78. The van der Waals surface area contributed by atoms with E-state index < -0.39 is 0 Å². The Bertz CT molecular complexity index is 785. The smallest absolute Gasteiger partial charge is 0.281 e. The highest BCUT2D eigenvalue weighted by molar-refractivity contribution is 7.14. The van der Waals surface area contributed by atoms with Gasteiger partial charge in [0.1, 0.15) is 11.8 Å². The number of nitrogens with zero attached hydrogens (tertiary/aromatic N) is 3. The summed E-state index contributed by atoms with van der Waals surface area (Å²) in [5, 5.41) is 13.0. The molecule has 0 saturated carbocycles. The zero-order valence-corrected chi connectivity index (χ0v) is 13.3. The Balaban J connectivity index is 1.69. The van der Waals surface area contributed by atoms with Crippen molar-refractivity contribution >= 4 is 23.5 Å². The van der Waals surface area contributed by atoms with Crippen molar-refractivity contribution in [1.82, 2.24) is 9.99 Å². The van der Waals surface area contributed by atoms with E-state index in [2.05, 4.69) is 16.6 Å². The van der Waals surface area contributed by atoms with Gasteiger partial charge < -0.3 is 4.57 Å². The topological polar surface area (TPSA) is 70.2 Å². The second-order valence-corrected chi connectivity index (χ2v) is 6.49. The molecule has 0 atom stereocenters. The maximum atomic E-state index is 12.1. The van der Waals surface area contributed by atoms with E-state index in [1.165, 1.54) is 16.9 Å². The zero-order chi connectivity index (χ0) is 15.7. The molecule has 1 amide bonds. The lowest BCUT2D eigenvalue weighted by Crippen LogP contribution is -2.16. The van der Waals surface area contributed by atoms with Gasteiger partial charge in [0.25, 0.3) is 5.91 Å². The van der Waals surface area contributed by atoms with E-state index in [-0.39, 0.29) is 5.91 Å². The molecule has 22 heavy (non-hydrogen) atoms. The Morgan fingerprint density at radius 1 is 1.50 bits per heavy atom. The predicted octanol–water partition coefficient (Wildman–Crippen LogP) is 2.52. The lowest BCUT2D eigenvalue weighted by molar-refractivity contribution is 0.0959. The monoisotopic (exact) mass is 312 g/mol. The number of carbonyl (C=O) groups excluding carboxylic acids is 1. The van der Waals surface area contributed by atoms with Crippen molar-refractivity contribution in [1.29, 1.82) is 5.26 Å². The van der Waals surface area contributed by atoms with Crippen molar-refractivity contribution in [2.45, 2.75) is 26.2 Å². The number of thiophene rings is 1. The van der Waals surface area contributed by atoms with Crippen LogP contribution in [0.2, 0.25) is 0 Å². The number of hydrogen-bond acceptors (Lipinski definition) is 4. The highest BCUT2D eigenvalue weighted by Gasteiger charge is 2.18. The number of nitrogens with one attached hydrogen (secondary N) is 1.